The van der Waals surface area contributed by atoms with Gasteiger partial charge in [-0.05, 0) is 97.6 Å². The molecule has 0 bridgehead atoms. The van der Waals surface area contributed by atoms with E-state index in [0.29, 0.717) is 75.8 Å². The van der Waals surface area contributed by atoms with Crippen LogP contribution >= 0.6 is 0 Å². The number of aromatic amines is 2. The van der Waals surface area contributed by atoms with Crippen LogP contribution in [0.25, 0.3) is 22.1 Å². The Hall–Kier alpha value is -5.05. The van der Waals surface area contributed by atoms with Gasteiger partial charge in [0.05, 0.1) is 22.1 Å². The molecule has 0 saturated heterocycles. The van der Waals surface area contributed by atoms with Crippen LogP contribution in [0.5, 0.6) is 0 Å². The number of ketones is 4. The smallest absolute Gasteiger partial charge is 0.185 e. The number of para-hydroxylation sites is 2. The van der Waals surface area contributed by atoms with Crippen molar-refractivity contribution in [1.29, 1.82) is 0 Å². The van der Waals surface area contributed by atoms with Gasteiger partial charge in [-0.1, -0.05) is 12.1 Å². The predicted octanol–water partition coefficient (Wildman–Crippen LogP) is 7.52. The quantitative estimate of drug-likeness (QED) is 0.193. The zero-order valence-corrected chi connectivity index (χ0v) is 27.7. The Labute approximate surface area is 273 Å². The number of aryl methyl sites for hydroxylation is 2. The number of nitrogens with one attached hydrogen (secondary N) is 2. The molecule has 0 unspecified atom stereocenters. The van der Waals surface area contributed by atoms with Crippen LogP contribution in [-0.4, -0.2) is 43.1 Å². The van der Waals surface area contributed by atoms with Crippen molar-refractivity contribution in [3.63, 3.8) is 0 Å². The zero-order chi connectivity index (χ0) is 34.0. The zero-order valence-electron chi connectivity index (χ0n) is 27.7. The van der Waals surface area contributed by atoms with Crippen molar-refractivity contribution in [3.8, 4) is 0 Å². The lowest BCUT2D eigenvalue weighted by molar-refractivity contribution is -0.116. The molecule has 6 rings (SSSR count). The number of aromatic nitrogens is 4. The van der Waals surface area contributed by atoms with Crippen LogP contribution < -0.4 is 0 Å². The van der Waals surface area contributed by atoms with Crippen molar-refractivity contribution >= 4 is 45.2 Å². The number of H-pyrrole nitrogens is 2. The normalized spacial score (nSPS) is 15.9. The third-order valence-corrected chi connectivity index (χ3v) is 9.23. The molecule has 0 aliphatic heterocycles. The summed E-state index contributed by atoms with van der Waals surface area (Å²) in [5.74, 6) is 1.32. The van der Waals surface area contributed by atoms with Gasteiger partial charge in [0.1, 0.15) is 17.5 Å². The Morgan fingerprint density at radius 1 is 0.532 bits per heavy atom. The molecular formula is C38H39FN4O4. The van der Waals surface area contributed by atoms with E-state index in [1.807, 2.05) is 24.3 Å². The first-order valence-corrected chi connectivity index (χ1v) is 15.9. The van der Waals surface area contributed by atoms with Crippen LogP contribution in [-0.2, 0) is 32.0 Å². The number of Topliss-reactive ketones (excluding diaryl/α,β-unsaturated/α-hetero) is 4. The first kappa shape index (κ1) is 33.3. The molecule has 4 aromatic rings. The minimum absolute atomic E-state index is 0.000775. The number of hydrogen-bond donors (Lipinski definition) is 2. The maximum Gasteiger partial charge on any atom is 0.185 e. The van der Waals surface area contributed by atoms with Crippen LogP contribution in [0.15, 0.2) is 87.0 Å². The number of benzene rings is 2. The minimum atomic E-state index is -0.303. The number of hydrogen-bond acceptors (Lipinski definition) is 6. The molecule has 47 heavy (non-hydrogen) atoms. The summed E-state index contributed by atoms with van der Waals surface area (Å²) >= 11 is 0. The molecule has 8 nitrogen and oxygen atoms in total. The number of fused-ring (bicyclic) bond motifs is 2. The van der Waals surface area contributed by atoms with Gasteiger partial charge in [0.25, 0.3) is 0 Å². The summed E-state index contributed by atoms with van der Waals surface area (Å²) in [7, 11) is 0. The van der Waals surface area contributed by atoms with Gasteiger partial charge in [0.2, 0.25) is 0 Å². The van der Waals surface area contributed by atoms with Crippen molar-refractivity contribution in [3.05, 3.63) is 105 Å². The lowest BCUT2D eigenvalue weighted by Crippen LogP contribution is -2.20. The molecule has 2 aromatic carbocycles. The fourth-order valence-corrected chi connectivity index (χ4v) is 6.06. The van der Waals surface area contributed by atoms with Crippen molar-refractivity contribution in [2.75, 3.05) is 0 Å². The van der Waals surface area contributed by atoms with Crippen LogP contribution in [0.2, 0.25) is 0 Å². The molecule has 9 heteroatoms. The van der Waals surface area contributed by atoms with Crippen LogP contribution in [0.4, 0.5) is 4.39 Å². The molecule has 2 aliphatic carbocycles. The third-order valence-electron chi connectivity index (χ3n) is 9.23. The Kier molecular flexibility index (Phi) is 9.75. The van der Waals surface area contributed by atoms with Gasteiger partial charge in [-0.3, -0.25) is 19.2 Å². The van der Waals surface area contributed by atoms with Crippen molar-refractivity contribution in [1.82, 2.24) is 19.9 Å². The van der Waals surface area contributed by atoms with Gasteiger partial charge in [-0.2, -0.15) is 0 Å². The number of halogens is 1. The summed E-state index contributed by atoms with van der Waals surface area (Å²) in [5, 5.41) is 0. The Morgan fingerprint density at radius 2 is 0.979 bits per heavy atom. The van der Waals surface area contributed by atoms with Crippen molar-refractivity contribution in [2.24, 2.45) is 0 Å². The standard InChI is InChI=1S/C19H19FN2O2.C19H20N2O2/c1-10-11(2)19(24)14(12(3)18(10)23)5-4-6-17-21-15-8-7-13(20)9-16(15)22-17;1-11-12(2)19(23)14(13(3)18(11)22)7-6-10-17-20-15-8-4-5-9-16(15)21-17/h7-9H,4-6H2,1-3H3,(H,21,22);4-5,8-9H,6-7,10H2,1-3H3,(H,20,21). The van der Waals surface area contributed by atoms with E-state index in [1.165, 1.54) is 12.1 Å². The molecular weight excluding hydrogens is 595 g/mol. The highest BCUT2D eigenvalue weighted by atomic mass is 19.1. The Balaban J connectivity index is 0.000000185. The van der Waals surface area contributed by atoms with E-state index < -0.39 is 0 Å². The minimum Gasteiger partial charge on any atom is -0.342 e. The largest absolute Gasteiger partial charge is 0.342 e. The number of carbonyl (C=O) groups excluding carboxylic acids is 4. The summed E-state index contributed by atoms with van der Waals surface area (Å²) in [6.07, 6.45) is 4.02. The van der Waals surface area contributed by atoms with Crippen LogP contribution in [0, 0.1) is 5.82 Å². The SMILES string of the molecule is CC1=C(C)C(=O)C(CCCc2nc3ccc(F)cc3[nH]2)=C(C)C1=O.CC1=C(C)C(=O)C(CCCc2nc3ccccc3[nH]2)=C(C)C1=O. The molecule has 2 aliphatic rings. The van der Waals surface area contributed by atoms with E-state index in [2.05, 4.69) is 19.9 Å². The first-order valence-electron chi connectivity index (χ1n) is 15.9. The van der Waals surface area contributed by atoms with E-state index in [9.17, 15) is 23.6 Å². The summed E-state index contributed by atoms with van der Waals surface area (Å²) in [6.45, 7) is 10.3. The molecule has 0 amide bonds. The average molecular weight is 635 g/mol. The second kappa shape index (κ2) is 13.7. The van der Waals surface area contributed by atoms with Gasteiger partial charge in [0.15, 0.2) is 23.1 Å². The van der Waals surface area contributed by atoms with E-state index >= 15 is 0 Å². The maximum atomic E-state index is 13.2. The van der Waals surface area contributed by atoms with Crippen molar-refractivity contribution < 1.29 is 23.6 Å². The second-order valence-electron chi connectivity index (χ2n) is 12.3. The van der Waals surface area contributed by atoms with Crippen LogP contribution in [0.1, 0.15) is 78.9 Å². The topological polar surface area (TPSA) is 126 Å². The van der Waals surface area contributed by atoms with Gasteiger partial charge < -0.3 is 9.97 Å². The molecule has 242 valence electrons. The van der Waals surface area contributed by atoms with Crippen molar-refractivity contribution in [2.45, 2.75) is 80.1 Å². The summed E-state index contributed by atoms with van der Waals surface area (Å²) in [4.78, 5) is 64.4. The molecule has 0 fully saturated rings. The number of rotatable bonds is 8. The maximum absolute atomic E-state index is 13.2. The molecule has 0 spiro atoms. The summed E-state index contributed by atoms with van der Waals surface area (Å²) < 4.78 is 13.2. The van der Waals surface area contributed by atoms with Gasteiger partial charge in [0, 0.05) is 57.4 Å². The molecule has 2 N–H and O–H groups in total. The van der Waals surface area contributed by atoms with Crippen LogP contribution in [0.3, 0.4) is 0 Å². The molecule has 0 saturated carbocycles. The van der Waals surface area contributed by atoms with E-state index in [-0.39, 0.29) is 29.0 Å². The predicted molar refractivity (Wildman–Crippen MR) is 180 cm³/mol. The fraction of sp³-hybridized carbons (Fsp3) is 0.316. The van der Waals surface area contributed by atoms with Gasteiger partial charge >= 0.3 is 0 Å². The fourth-order valence-electron chi connectivity index (χ4n) is 6.06. The molecule has 2 heterocycles. The Morgan fingerprint density at radius 3 is 1.49 bits per heavy atom. The Bertz CT molecular complexity index is 2050. The highest BCUT2D eigenvalue weighted by molar-refractivity contribution is 6.25. The average Bonchev–Trinajstić information content (AvgIpc) is 3.67. The number of nitrogens with zero attached hydrogens (tertiary/aromatic N) is 2. The summed E-state index contributed by atoms with van der Waals surface area (Å²) in [5.41, 5.74) is 8.02. The second-order valence-corrected chi connectivity index (χ2v) is 12.3. The summed E-state index contributed by atoms with van der Waals surface area (Å²) in [6, 6.07) is 12.3. The van der Waals surface area contributed by atoms with E-state index in [0.717, 1.165) is 41.0 Å². The molecule has 2 aromatic heterocycles. The molecule has 0 radical (unpaired) electrons. The van der Waals surface area contributed by atoms with E-state index in [4.69, 9.17) is 0 Å². The monoisotopic (exact) mass is 634 g/mol. The number of allylic oxidation sites excluding steroid dienone is 8. The lowest BCUT2D eigenvalue weighted by Gasteiger charge is -2.18. The van der Waals surface area contributed by atoms with E-state index in [1.54, 1.807) is 47.6 Å². The first-order chi connectivity index (χ1) is 22.4. The van der Waals surface area contributed by atoms with Gasteiger partial charge in [-0.25, -0.2) is 14.4 Å². The lowest BCUT2D eigenvalue weighted by atomic mass is 9.84. The highest BCUT2D eigenvalue weighted by Gasteiger charge is 2.28. The number of imidazole rings is 2. The molecule has 0 atom stereocenters. The number of carbonyl (C=O) groups is 4. The third kappa shape index (κ3) is 6.89. The highest BCUT2D eigenvalue weighted by Crippen LogP contribution is 2.29. The van der Waals surface area contributed by atoms with Gasteiger partial charge in [-0.15, -0.1) is 0 Å².